The van der Waals surface area contributed by atoms with Gasteiger partial charge < -0.3 is 73.3 Å². The van der Waals surface area contributed by atoms with E-state index < -0.39 is 150 Å². The summed E-state index contributed by atoms with van der Waals surface area (Å²) < 4.78 is 47.3. The van der Waals surface area contributed by atoms with Crippen LogP contribution in [0.3, 0.4) is 0 Å². The molecule has 0 bridgehead atoms. The van der Waals surface area contributed by atoms with Gasteiger partial charge in [-0.15, -0.1) is 0 Å². The Bertz CT molecular complexity index is 2320. The van der Waals surface area contributed by atoms with Crippen LogP contribution in [0.2, 0.25) is 0 Å². The van der Waals surface area contributed by atoms with Gasteiger partial charge in [0, 0.05) is 38.5 Å². The predicted molar refractivity (Wildman–Crippen MR) is 304 cm³/mol. The maximum Gasteiger partial charge on any atom is 0.348 e. The Kier molecular flexibility index (Phi) is 46.5. The number of ether oxygens (including phenoxy) is 9. The van der Waals surface area contributed by atoms with Gasteiger partial charge in [-0.2, -0.15) is 0 Å². The molecule has 6 N–H and O–H groups in total. The van der Waals surface area contributed by atoms with Crippen LogP contribution in [0.5, 0.6) is 0 Å². The first-order chi connectivity index (χ1) is 41.9. The minimum absolute atomic E-state index is 0. The first-order valence-corrected chi connectivity index (χ1v) is 28.9. The number of hydrogen-bond donors (Lipinski definition) is 6. The Morgan fingerprint density at radius 1 is 0.292 bits per heavy atom. The van der Waals surface area contributed by atoms with Gasteiger partial charge in [-0.3, -0.25) is 43.2 Å². The lowest BCUT2D eigenvalue weighted by molar-refractivity contribution is -0.160. The van der Waals surface area contributed by atoms with Crippen molar-refractivity contribution in [2.24, 2.45) is 0 Å². The van der Waals surface area contributed by atoms with E-state index in [-0.39, 0.29) is 169 Å². The molecule has 0 spiro atoms. The number of benzene rings is 1. The molecule has 3 atom stereocenters. The quantitative estimate of drug-likeness (QED) is 0.0221. The van der Waals surface area contributed by atoms with Crippen LogP contribution in [-0.4, -0.2) is 178 Å². The molecule has 89 heavy (non-hydrogen) atoms. The van der Waals surface area contributed by atoms with Crippen molar-refractivity contribution < 1.29 is 145 Å². The molecule has 3 unspecified atom stereocenters. The molecular weight excluding hydrogens is 1190 g/mol. The van der Waals surface area contributed by atoms with E-state index in [1.54, 1.807) is 0 Å². The van der Waals surface area contributed by atoms with Gasteiger partial charge in [-0.25, -0.2) is 28.8 Å². The lowest BCUT2D eigenvalue weighted by Gasteiger charge is -2.19. The summed E-state index contributed by atoms with van der Waals surface area (Å²) in [5, 5.41) is 53.6. The highest BCUT2D eigenvalue weighted by Crippen LogP contribution is 2.21. The fourth-order valence-corrected chi connectivity index (χ4v) is 7.23. The van der Waals surface area contributed by atoms with Crippen LogP contribution < -0.4 is 0 Å². The fraction of sp³-hybridized carbons (Fsp3) is 0.644. The number of carbonyl (C=O) groups excluding carboxylic acids is 9. The van der Waals surface area contributed by atoms with Crippen molar-refractivity contribution >= 4 is 89.5 Å². The third-order valence-corrected chi connectivity index (χ3v) is 11.7. The SMILES string of the molecule is C.CC.O=C(O)CCCCCOC(=O)CC(OC(=O)c1cc(C(=O)OC(CC(=O)OCCCCCC(=O)O)C(=O)OCCCCCC(=O)O)cc(C(=O)OC(CC(=O)OCCCCCC(=O)O)C(=O)OCCCCC(=O)O)c1)C(=O)OCCCCCC(=O)O. The van der Waals surface area contributed by atoms with Crippen molar-refractivity contribution in [3.8, 4) is 0 Å². The second-order valence-corrected chi connectivity index (χ2v) is 19.1. The highest BCUT2D eigenvalue weighted by molar-refractivity contribution is 6.02. The van der Waals surface area contributed by atoms with E-state index in [1.807, 2.05) is 13.8 Å². The molecule has 0 saturated carbocycles. The monoisotopic (exact) mass is 1270 g/mol. The molecule has 0 aliphatic rings. The van der Waals surface area contributed by atoms with E-state index in [0.717, 1.165) is 0 Å². The van der Waals surface area contributed by atoms with Crippen LogP contribution in [0.15, 0.2) is 18.2 Å². The number of rotatable bonds is 50. The third kappa shape index (κ3) is 43.5. The number of unbranched alkanes of at least 4 members (excludes halogenated alkanes) is 11. The van der Waals surface area contributed by atoms with E-state index in [0.29, 0.717) is 37.5 Å². The molecule has 0 amide bonds. The zero-order chi connectivity index (χ0) is 66.2. The van der Waals surface area contributed by atoms with Crippen molar-refractivity contribution in [1.29, 1.82) is 0 Å². The maximum absolute atomic E-state index is 14.2. The Balaban J connectivity index is 0. The summed E-state index contributed by atoms with van der Waals surface area (Å²) in [5.41, 5.74) is -2.44. The summed E-state index contributed by atoms with van der Waals surface area (Å²) >= 11 is 0. The summed E-state index contributed by atoms with van der Waals surface area (Å²) in [6.45, 7) is 2.08. The van der Waals surface area contributed by atoms with Gasteiger partial charge in [-0.1, -0.05) is 21.3 Å². The second-order valence-electron chi connectivity index (χ2n) is 19.1. The molecule has 0 heterocycles. The highest BCUT2D eigenvalue weighted by Gasteiger charge is 2.34. The Hall–Kier alpha value is -8.73. The predicted octanol–water partition coefficient (Wildman–Crippen LogP) is 6.83. The van der Waals surface area contributed by atoms with Crippen LogP contribution >= 0.6 is 0 Å². The summed E-state index contributed by atoms with van der Waals surface area (Å²) in [4.78, 5) is 188. The fourth-order valence-electron chi connectivity index (χ4n) is 7.23. The minimum atomic E-state index is -2.15. The van der Waals surface area contributed by atoms with E-state index >= 15 is 0 Å². The normalized spacial score (nSPS) is 11.4. The zero-order valence-electron chi connectivity index (χ0n) is 49.6. The summed E-state index contributed by atoms with van der Waals surface area (Å²) in [6.07, 6.45) is -7.14. The first kappa shape index (κ1) is 82.3. The van der Waals surface area contributed by atoms with E-state index in [2.05, 4.69) is 0 Å². The topological polar surface area (TPSA) is 461 Å². The molecule has 0 fully saturated rings. The molecular formula is C59H86O30. The van der Waals surface area contributed by atoms with Gasteiger partial charge in [0.05, 0.1) is 75.6 Å². The molecule has 0 saturated heterocycles. The standard InChI is InChI=1S/C56H76O30.C2H6.CH4/c57-42(58)18-6-1-12-24-78-48(69)33-39(54(75)81-27-15-4-9-21-45(63)64)84-51(72)36-30-37(52(73)85-40(55(76)82-28-16-5-10-22-46(65)66)34-49(70)79-25-13-2-7-19-43(59)60)32-38(31-36)53(74)86-41(56(77)83-29-17-11-23-47(67)68)35-50(71)80-26-14-3-8-20-44(61)62;1-2;/h30-32,39-41H,1-29,33-35H2,(H,57,58)(H,59,60)(H,61,62)(H,63,64)(H,65,66)(H,67,68);1-2H3;1H4. The van der Waals surface area contributed by atoms with Gasteiger partial charge in [0.15, 0.2) is 0 Å². The number of esters is 9. The average Bonchev–Trinajstić information content (AvgIpc) is 3.60. The van der Waals surface area contributed by atoms with Gasteiger partial charge in [0.2, 0.25) is 18.3 Å². The Morgan fingerprint density at radius 2 is 0.472 bits per heavy atom. The van der Waals surface area contributed by atoms with E-state index in [9.17, 15) is 71.9 Å². The molecule has 30 heteroatoms. The van der Waals surface area contributed by atoms with Crippen molar-refractivity contribution in [2.45, 2.75) is 207 Å². The minimum Gasteiger partial charge on any atom is -0.481 e. The van der Waals surface area contributed by atoms with Crippen LogP contribution in [-0.2, 0) is 100 Å². The van der Waals surface area contributed by atoms with Crippen molar-refractivity contribution in [1.82, 2.24) is 0 Å². The molecule has 1 aromatic rings. The first-order valence-electron chi connectivity index (χ1n) is 28.9. The Morgan fingerprint density at radius 3 is 0.674 bits per heavy atom. The number of carboxylic acids is 6. The number of hydrogen-bond acceptors (Lipinski definition) is 24. The van der Waals surface area contributed by atoms with Crippen LogP contribution in [0.4, 0.5) is 0 Å². The van der Waals surface area contributed by atoms with E-state index in [4.69, 9.17) is 73.3 Å². The molecule has 502 valence electrons. The lowest BCUT2D eigenvalue weighted by Crippen LogP contribution is -2.34. The maximum atomic E-state index is 14.2. The zero-order valence-corrected chi connectivity index (χ0v) is 49.6. The lowest BCUT2D eigenvalue weighted by atomic mass is 10.0. The van der Waals surface area contributed by atoms with Crippen LogP contribution in [0, 0.1) is 0 Å². The summed E-state index contributed by atoms with van der Waals surface area (Å²) in [5.74, 6) is -18.6. The molecule has 0 radical (unpaired) electrons. The van der Waals surface area contributed by atoms with Crippen molar-refractivity contribution in [2.75, 3.05) is 39.6 Å². The average molecular weight is 1280 g/mol. The number of carboxylic acid groups (broad SMARTS) is 6. The van der Waals surface area contributed by atoms with Gasteiger partial charge >= 0.3 is 89.5 Å². The molecule has 0 aromatic heterocycles. The van der Waals surface area contributed by atoms with E-state index in [1.165, 1.54) is 0 Å². The second kappa shape index (κ2) is 50.3. The van der Waals surface area contributed by atoms with Crippen LogP contribution in [0.1, 0.15) is 219 Å². The van der Waals surface area contributed by atoms with Crippen LogP contribution in [0.25, 0.3) is 0 Å². The number of carbonyl (C=O) groups is 15. The van der Waals surface area contributed by atoms with Crippen molar-refractivity contribution in [3.05, 3.63) is 34.9 Å². The summed E-state index contributed by atoms with van der Waals surface area (Å²) in [6, 6.07) is 2.11. The highest BCUT2D eigenvalue weighted by atomic mass is 16.6. The molecule has 0 aliphatic heterocycles. The molecule has 1 rings (SSSR count). The van der Waals surface area contributed by atoms with Crippen molar-refractivity contribution in [3.63, 3.8) is 0 Å². The molecule has 0 aliphatic carbocycles. The smallest absolute Gasteiger partial charge is 0.348 e. The molecule has 30 nitrogen and oxygen atoms in total. The van der Waals surface area contributed by atoms with Gasteiger partial charge in [0.1, 0.15) is 0 Å². The Labute approximate surface area is 514 Å². The molecule has 1 aromatic carbocycles. The van der Waals surface area contributed by atoms with Gasteiger partial charge in [-0.05, 0) is 127 Å². The summed E-state index contributed by atoms with van der Waals surface area (Å²) in [7, 11) is 0. The third-order valence-electron chi connectivity index (χ3n) is 11.7. The largest absolute Gasteiger partial charge is 0.481 e. The number of aliphatic carboxylic acids is 6. The van der Waals surface area contributed by atoms with Gasteiger partial charge in [0.25, 0.3) is 0 Å².